The Bertz CT molecular complexity index is 385. The van der Waals surface area contributed by atoms with Gasteiger partial charge in [-0.15, -0.1) is 0 Å². The summed E-state index contributed by atoms with van der Waals surface area (Å²) in [6.45, 7) is 6.12. The lowest BCUT2D eigenvalue weighted by atomic mass is 10.3. The van der Waals surface area contributed by atoms with Crippen molar-refractivity contribution in [2.75, 3.05) is 44.6 Å². The first-order valence-corrected chi connectivity index (χ1v) is 6.42. The maximum Gasteiger partial charge on any atom is 0.158 e. The lowest BCUT2D eigenvalue weighted by molar-refractivity contribution is 0.178. The summed E-state index contributed by atoms with van der Waals surface area (Å²) < 4.78 is 10.3. The number of nitrogens with one attached hydrogen (secondary N) is 1. The summed E-state index contributed by atoms with van der Waals surface area (Å²) in [7, 11) is 5.19. The van der Waals surface area contributed by atoms with Crippen LogP contribution < -0.4 is 10.2 Å². The third-order valence-electron chi connectivity index (χ3n) is 2.74. The topological polar surface area (TPSA) is 59.5 Å². The van der Waals surface area contributed by atoms with Crippen LogP contribution in [0.2, 0.25) is 0 Å². The Labute approximate surface area is 115 Å². The van der Waals surface area contributed by atoms with E-state index < -0.39 is 0 Å². The first-order valence-electron chi connectivity index (χ1n) is 6.42. The van der Waals surface area contributed by atoms with Crippen LogP contribution in [0.5, 0.6) is 0 Å². The van der Waals surface area contributed by atoms with E-state index in [-0.39, 0.29) is 0 Å². The Morgan fingerprint density at radius 2 is 2.00 bits per heavy atom. The third kappa shape index (κ3) is 4.65. The van der Waals surface area contributed by atoms with E-state index in [1.807, 2.05) is 13.1 Å². The van der Waals surface area contributed by atoms with Crippen LogP contribution in [0, 0.1) is 0 Å². The molecule has 1 N–H and O–H groups in total. The second-order valence-corrected chi connectivity index (χ2v) is 4.49. The van der Waals surface area contributed by atoms with Gasteiger partial charge in [0.25, 0.3) is 0 Å². The molecule has 0 radical (unpaired) electrons. The molecule has 0 amide bonds. The minimum atomic E-state index is 0.338. The summed E-state index contributed by atoms with van der Waals surface area (Å²) in [4.78, 5) is 11.1. The Morgan fingerprint density at radius 1 is 1.26 bits per heavy atom. The highest BCUT2D eigenvalue weighted by Crippen LogP contribution is 2.18. The second kappa shape index (κ2) is 7.91. The van der Waals surface area contributed by atoms with Gasteiger partial charge in [-0.1, -0.05) is 0 Å². The van der Waals surface area contributed by atoms with E-state index >= 15 is 0 Å². The van der Waals surface area contributed by atoms with Crippen LogP contribution in [0.15, 0.2) is 6.07 Å². The minimum Gasteiger partial charge on any atom is -0.383 e. The number of aromatic nitrogens is 2. The Kier molecular flexibility index (Phi) is 6.52. The van der Waals surface area contributed by atoms with E-state index in [1.165, 1.54) is 0 Å². The van der Waals surface area contributed by atoms with Crippen LogP contribution in [-0.2, 0) is 16.1 Å². The van der Waals surface area contributed by atoms with E-state index in [9.17, 15) is 0 Å². The molecule has 1 aromatic rings. The van der Waals surface area contributed by atoms with Crippen molar-refractivity contribution in [3.8, 4) is 0 Å². The zero-order valence-electron chi connectivity index (χ0n) is 12.4. The highest BCUT2D eigenvalue weighted by molar-refractivity contribution is 5.49. The van der Waals surface area contributed by atoms with Crippen LogP contribution in [0.25, 0.3) is 0 Å². The fourth-order valence-corrected chi connectivity index (χ4v) is 1.78. The first kappa shape index (κ1) is 15.7. The number of hydrogen-bond donors (Lipinski definition) is 1. The molecule has 0 spiro atoms. The molecule has 0 aliphatic carbocycles. The van der Waals surface area contributed by atoms with Gasteiger partial charge in [-0.2, -0.15) is 0 Å². The highest BCUT2D eigenvalue weighted by Gasteiger charge is 2.14. The van der Waals surface area contributed by atoms with Gasteiger partial charge in [-0.25, -0.2) is 9.97 Å². The number of nitrogens with zero attached hydrogens (tertiary/aromatic N) is 3. The van der Waals surface area contributed by atoms with Gasteiger partial charge in [0.15, 0.2) is 5.82 Å². The predicted molar refractivity (Wildman–Crippen MR) is 76.6 cm³/mol. The fraction of sp³-hybridized carbons (Fsp3) is 0.692. The van der Waals surface area contributed by atoms with Crippen LogP contribution in [0.4, 0.5) is 11.6 Å². The highest BCUT2D eigenvalue weighted by atomic mass is 16.5. The average molecular weight is 268 g/mol. The molecule has 6 nitrogen and oxygen atoms in total. The molecule has 108 valence electrons. The normalized spacial score (nSPS) is 10.8. The largest absolute Gasteiger partial charge is 0.383 e. The van der Waals surface area contributed by atoms with Gasteiger partial charge < -0.3 is 19.7 Å². The van der Waals surface area contributed by atoms with Crippen molar-refractivity contribution in [1.29, 1.82) is 0 Å². The summed E-state index contributed by atoms with van der Waals surface area (Å²) in [6.07, 6.45) is 0. The molecule has 0 unspecified atom stereocenters. The van der Waals surface area contributed by atoms with Gasteiger partial charge in [-0.05, 0) is 13.8 Å². The predicted octanol–water partition coefficient (Wildman–Crippen LogP) is 1.53. The lowest BCUT2D eigenvalue weighted by Gasteiger charge is -2.28. The zero-order valence-corrected chi connectivity index (χ0v) is 12.4. The SMILES string of the molecule is CNc1cc(N(CCOC)C(C)C)nc(COC)n1. The standard InChI is InChI=1S/C13H24N4O2/c1-10(2)17(6-7-18-4)13-8-11(14-3)15-12(16-13)9-19-5/h8,10H,6-7,9H2,1-5H3,(H,14,15,16). The molecule has 1 heterocycles. The molecular formula is C13H24N4O2. The number of ether oxygens (including phenoxy) is 2. The van der Waals surface area contributed by atoms with Gasteiger partial charge in [-0.3, -0.25) is 0 Å². The maximum atomic E-state index is 5.15. The molecule has 0 aliphatic rings. The smallest absolute Gasteiger partial charge is 0.158 e. The van der Waals surface area contributed by atoms with Crippen LogP contribution in [-0.4, -0.2) is 50.4 Å². The van der Waals surface area contributed by atoms with Gasteiger partial charge in [0.05, 0.1) is 6.61 Å². The summed E-state index contributed by atoms with van der Waals surface area (Å²) in [6, 6.07) is 2.28. The third-order valence-corrected chi connectivity index (χ3v) is 2.74. The number of rotatable bonds is 8. The monoisotopic (exact) mass is 268 g/mol. The van der Waals surface area contributed by atoms with Gasteiger partial charge in [0.2, 0.25) is 0 Å². The molecular weight excluding hydrogens is 244 g/mol. The Balaban J connectivity index is 3.02. The van der Waals surface area contributed by atoms with Crippen molar-refractivity contribution in [3.05, 3.63) is 11.9 Å². The molecule has 6 heteroatoms. The van der Waals surface area contributed by atoms with Gasteiger partial charge >= 0.3 is 0 Å². The van der Waals surface area contributed by atoms with Crippen molar-refractivity contribution in [1.82, 2.24) is 9.97 Å². The van der Waals surface area contributed by atoms with E-state index in [1.54, 1.807) is 14.2 Å². The van der Waals surface area contributed by atoms with Crippen LogP contribution in [0.1, 0.15) is 19.7 Å². The fourth-order valence-electron chi connectivity index (χ4n) is 1.78. The molecule has 0 atom stereocenters. The number of anilines is 2. The van der Waals surface area contributed by atoms with Crippen LogP contribution in [0.3, 0.4) is 0 Å². The molecule has 0 fully saturated rings. The van der Waals surface area contributed by atoms with E-state index in [0.29, 0.717) is 25.1 Å². The maximum absolute atomic E-state index is 5.15. The quantitative estimate of drug-likeness (QED) is 0.771. The molecule has 0 saturated carbocycles. The number of hydrogen-bond acceptors (Lipinski definition) is 6. The van der Waals surface area contributed by atoms with Crippen molar-refractivity contribution >= 4 is 11.6 Å². The lowest BCUT2D eigenvalue weighted by Crippen LogP contribution is -2.34. The van der Waals surface area contributed by atoms with Gasteiger partial charge in [0.1, 0.15) is 18.2 Å². The van der Waals surface area contributed by atoms with E-state index in [2.05, 4.69) is 34.0 Å². The summed E-state index contributed by atoms with van der Waals surface area (Å²) in [5, 5.41) is 3.05. The van der Waals surface area contributed by atoms with Gasteiger partial charge in [0, 0.05) is 39.9 Å². The summed E-state index contributed by atoms with van der Waals surface area (Å²) >= 11 is 0. The van der Waals surface area contributed by atoms with Crippen molar-refractivity contribution in [2.24, 2.45) is 0 Å². The second-order valence-electron chi connectivity index (χ2n) is 4.49. The van der Waals surface area contributed by atoms with Crippen molar-refractivity contribution < 1.29 is 9.47 Å². The zero-order chi connectivity index (χ0) is 14.3. The van der Waals surface area contributed by atoms with Crippen LogP contribution >= 0.6 is 0 Å². The molecule has 0 aromatic carbocycles. The first-order chi connectivity index (χ1) is 9.12. The molecule has 19 heavy (non-hydrogen) atoms. The van der Waals surface area contributed by atoms with E-state index in [4.69, 9.17) is 9.47 Å². The molecule has 1 rings (SSSR count). The minimum absolute atomic E-state index is 0.338. The molecule has 1 aromatic heterocycles. The van der Waals surface area contributed by atoms with Crippen molar-refractivity contribution in [3.63, 3.8) is 0 Å². The average Bonchev–Trinajstić information content (AvgIpc) is 2.39. The molecule has 0 bridgehead atoms. The Morgan fingerprint density at radius 3 is 2.53 bits per heavy atom. The number of methoxy groups -OCH3 is 2. The Hall–Kier alpha value is -1.40. The van der Waals surface area contributed by atoms with E-state index in [0.717, 1.165) is 18.2 Å². The summed E-state index contributed by atoms with van der Waals surface area (Å²) in [5.41, 5.74) is 0. The molecule has 0 saturated heterocycles. The summed E-state index contributed by atoms with van der Waals surface area (Å²) in [5.74, 6) is 2.35. The van der Waals surface area contributed by atoms with Crippen molar-refractivity contribution in [2.45, 2.75) is 26.5 Å². The molecule has 0 aliphatic heterocycles.